The van der Waals surface area contributed by atoms with Crippen LogP contribution in [0, 0.1) is 19.3 Å². The number of rotatable bonds is 8. The fourth-order valence-corrected chi connectivity index (χ4v) is 4.31. The predicted octanol–water partition coefficient (Wildman–Crippen LogP) is 1.18. The summed E-state index contributed by atoms with van der Waals surface area (Å²) in [5, 5.41) is 0. The van der Waals surface area contributed by atoms with Gasteiger partial charge in [0.15, 0.2) is 0 Å². The van der Waals surface area contributed by atoms with E-state index in [9.17, 15) is 16.8 Å². The third-order valence-corrected chi connectivity index (χ3v) is 7.31. The Hall–Kier alpha value is -2.45. The molecule has 0 bridgehead atoms. The molecule has 150 valence electrons. The van der Waals surface area contributed by atoms with E-state index in [4.69, 9.17) is 6.42 Å². The van der Waals surface area contributed by atoms with Crippen molar-refractivity contribution >= 4 is 26.3 Å². The zero-order valence-corrected chi connectivity index (χ0v) is 17.5. The van der Waals surface area contributed by atoms with Crippen LogP contribution in [-0.2, 0) is 20.2 Å². The SMILES string of the molecule is C#CCN(C/C=C/c1cn(S(=O)(=O)N(C)C)cn1)S(=O)(=O)c1ccc(C)cc1. The Labute approximate surface area is 166 Å². The van der Waals surface area contributed by atoms with Gasteiger partial charge in [-0.15, -0.1) is 6.42 Å². The second kappa shape index (κ2) is 8.70. The predicted molar refractivity (Wildman–Crippen MR) is 108 cm³/mol. The third kappa shape index (κ3) is 4.88. The Morgan fingerprint density at radius 3 is 2.39 bits per heavy atom. The molecule has 0 N–H and O–H groups in total. The highest BCUT2D eigenvalue weighted by atomic mass is 32.2. The Morgan fingerprint density at radius 1 is 1.18 bits per heavy atom. The number of imidazole rings is 1. The number of sulfonamides is 1. The van der Waals surface area contributed by atoms with Gasteiger partial charge >= 0.3 is 10.2 Å². The van der Waals surface area contributed by atoms with Gasteiger partial charge in [-0.05, 0) is 25.1 Å². The van der Waals surface area contributed by atoms with Gasteiger partial charge in [-0.3, -0.25) is 0 Å². The minimum Gasteiger partial charge on any atom is -0.236 e. The molecule has 0 amide bonds. The number of benzene rings is 1. The Balaban J connectivity index is 2.19. The van der Waals surface area contributed by atoms with E-state index in [-0.39, 0.29) is 18.0 Å². The van der Waals surface area contributed by atoms with Crippen LogP contribution in [0.15, 0.2) is 47.8 Å². The zero-order valence-electron chi connectivity index (χ0n) is 15.8. The lowest BCUT2D eigenvalue weighted by Gasteiger charge is -2.18. The second-order valence-corrected chi connectivity index (χ2v) is 10.1. The van der Waals surface area contributed by atoms with Gasteiger partial charge in [0.25, 0.3) is 0 Å². The molecule has 0 spiro atoms. The average Bonchev–Trinajstić information content (AvgIpc) is 3.11. The molecule has 2 rings (SSSR count). The van der Waals surface area contributed by atoms with E-state index < -0.39 is 20.2 Å². The largest absolute Gasteiger partial charge is 0.308 e. The van der Waals surface area contributed by atoms with Gasteiger partial charge < -0.3 is 0 Å². The molecule has 10 heteroatoms. The van der Waals surface area contributed by atoms with Gasteiger partial charge in [0.05, 0.1) is 17.1 Å². The first kappa shape index (κ1) is 21.8. The van der Waals surface area contributed by atoms with Crippen LogP contribution < -0.4 is 0 Å². The van der Waals surface area contributed by atoms with E-state index >= 15 is 0 Å². The Bertz CT molecular complexity index is 1090. The van der Waals surface area contributed by atoms with Crippen LogP contribution in [0.3, 0.4) is 0 Å². The minimum absolute atomic E-state index is 0.0215. The minimum atomic E-state index is -3.75. The van der Waals surface area contributed by atoms with Crippen molar-refractivity contribution in [3.05, 3.63) is 54.1 Å². The van der Waals surface area contributed by atoms with Crippen molar-refractivity contribution in [2.24, 2.45) is 0 Å². The molecule has 0 atom stereocenters. The van der Waals surface area contributed by atoms with E-state index in [1.54, 1.807) is 18.2 Å². The molecular formula is C18H22N4O4S2. The molecule has 1 aromatic heterocycles. The summed E-state index contributed by atoms with van der Waals surface area (Å²) in [6, 6.07) is 6.50. The van der Waals surface area contributed by atoms with E-state index in [1.807, 2.05) is 6.92 Å². The quantitative estimate of drug-likeness (QED) is 0.596. The molecule has 0 saturated carbocycles. The molecule has 0 aliphatic heterocycles. The highest BCUT2D eigenvalue weighted by Crippen LogP contribution is 2.16. The first-order valence-corrected chi connectivity index (χ1v) is 11.1. The lowest BCUT2D eigenvalue weighted by Crippen LogP contribution is -2.31. The van der Waals surface area contributed by atoms with Crippen LogP contribution in [0.4, 0.5) is 0 Å². The van der Waals surface area contributed by atoms with E-state index in [1.165, 1.54) is 44.8 Å². The zero-order chi connectivity index (χ0) is 20.9. The fourth-order valence-electron chi connectivity index (χ4n) is 2.22. The maximum atomic E-state index is 12.8. The number of hydrogen-bond acceptors (Lipinski definition) is 5. The first-order valence-electron chi connectivity index (χ1n) is 8.23. The number of hydrogen-bond donors (Lipinski definition) is 0. The maximum Gasteiger partial charge on any atom is 0.308 e. The summed E-state index contributed by atoms with van der Waals surface area (Å²) in [6.07, 6.45) is 10.9. The van der Waals surface area contributed by atoms with E-state index in [2.05, 4.69) is 10.9 Å². The lowest BCUT2D eigenvalue weighted by molar-refractivity contribution is 0.478. The van der Waals surface area contributed by atoms with Crippen LogP contribution in [0.1, 0.15) is 11.3 Å². The molecule has 0 radical (unpaired) electrons. The number of terminal acetylenes is 1. The van der Waals surface area contributed by atoms with Gasteiger partial charge in [-0.2, -0.15) is 17.0 Å². The van der Waals surface area contributed by atoms with Crippen molar-refractivity contribution in [3.8, 4) is 12.3 Å². The lowest BCUT2D eigenvalue weighted by atomic mass is 10.2. The van der Waals surface area contributed by atoms with Gasteiger partial charge in [0.2, 0.25) is 10.0 Å². The molecule has 0 fully saturated rings. The number of nitrogens with zero attached hydrogens (tertiary/aromatic N) is 4. The summed E-state index contributed by atoms with van der Waals surface area (Å²) in [6.45, 7) is 1.80. The van der Waals surface area contributed by atoms with Crippen LogP contribution in [0.25, 0.3) is 6.08 Å². The monoisotopic (exact) mass is 422 g/mol. The standard InChI is InChI=1S/C18H22N4O4S2/c1-5-12-21(27(23,24)18-10-8-16(2)9-11-18)13-6-7-17-14-22(15-19-17)28(25,26)20(3)4/h1,6-11,14-15H,12-13H2,2-4H3/b7-6+. The van der Waals surface area contributed by atoms with Crippen molar-refractivity contribution in [3.63, 3.8) is 0 Å². The van der Waals surface area contributed by atoms with Crippen LogP contribution in [0.5, 0.6) is 0 Å². The van der Waals surface area contributed by atoms with Gasteiger partial charge in [-0.25, -0.2) is 17.4 Å². The second-order valence-electron chi connectivity index (χ2n) is 6.14. The molecule has 0 aliphatic carbocycles. The summed E-state index contributed by atoms with van der Waals surface area (Å²) in [4.78, 5) is 4.16. The molecule has 28 heavy (non-hydrogen) atoms. The fraction of sp³-hybridized carbons (Fsp3) is 0.278. The van der Waals surface area contributed by atoms with Gasteiger partial charge in [0, 0.05) is 26.8 Å². The van der Waals surface area contributed by atoms with Crippen molar-refractivity contribution < 1.29 is 16.8 Å². The van der Waals surface area contributed by atoms with Crippen LogP contribution in [0.2, 0.25) is 0 Å². The summed E-state index contributed by atoms with van der Waals surface area (Å²) in [5.41, 5.74) is 1.32. The molecule has 0 aliphatic rings. The summed E-state index contributed by atoms with van der Waals surface area (Å²) in [7, 11) is -4.57. The maximum absolute atomic E-state index is 12.8. The molecule has 8 nitrogen and oxygen atoms in total. The van der Waals surface area contributed by atoms with Crippen LogP contribution in [-0.4, -0.2) is 61.6 Å². The van der Waals surface area contributed by atoms with Crippen molar-refractivity contribution in [2.45, 2.75) is 11.8 Å². The smallest absolute Gasteiger partial charge is 0.236 e. The van der Waals surface area contributed by atoms with E-state index in [0.717, 1.165) is 18.1 Å². The van der Waals surface area contributed by atoms with Crippen molar-refractivity contribution in [2.75, 3.05) is 27.2 Å². The van der Waals surface area contributed by atoms with Gasteiger partial charge in [-0.1, -0.05) is 29.7 Å². The summed E-state index contributed by atoms with van der Waals surface area (Å²) in [5.74, 6) is 2.35. The first-order chi connectivity index (χ1) is 13.1. The highest BCUT2D eigenvalue weighted by Gasteiger charge is 2.22. The summed E-state index contributed by atoms with van der Waals surface area (Å²) >= 11 is 0. The summed E-state index contributed by atoms with van der Waals surface area (Å²) < 4.78 is 52.8. The molecule has 0 saturated heterocycles. The topological polar surface area (TPSA) is 92.6 Å². The molecule has 1 aromatic carbocycles. The van der Waals surface area contributed by atoms with E-state index in [0.29, 0.717) is 5.69 Å². The molecular weight excluding hydrogens is 400 g/mol. The molecule has 2 aromatic rings. The van der Waals surface area contributed by atoms with Crippen molar-refractivity contribution in [1.82, 2.24) is 17.6 Å². The van der Waals surface area contributed by atoms with Crippen molar-refractivity contribution in [1.29, 1.82) is 0 Å². The normalized spacial score (nSPS) is 12.7. The van der Waals surface area contributed by atoms with Gasteiger partial charge in [0.1, 0.15) is 6.33 Å². The average molecular weight is 423 g/mol. The highest BCUT2D eigenvalue weighted by molar-refractivity contribution is 7.89. The molecule has 1 heterocycles. The molecule has 0 unspecified atom stereocenters. The third-order valence-electron chi connectivity index (χ3n) is 3.83. The Kier molecular flexibility index (Phi) is 6.79. The Morgan fingerprint density at radius 2 is 1.82 bits per heavy atom. The van der Waals surface area contributed by atoms with Crippen LogP contribution >= 0.6 is 0 Å². The number of aromatic nitrogens is 2. The number of aryl methyl sites for hydroxylation is 1.